The molecule has 0 amide bonds. The van der Waals surface area contributed by atoms with E-state index in [2.05, 4.69) is 4.90 Å². The van der Waals surface area contributed by atoms with Gasteiger partial charge in [0, 0.05) is 30.3 Å². The van der Waals surface area contributed by atoms with Crippen LogP contribution in [0.25, 0.3) is 0 Å². The van der Waals surface area contributed by atoms with Crippen LogP contribution in [-0.2, 0) is 17.6 Å². The van der Waals surface area contributed by atoms with E-state index in [0.717, 1.165) is 45.0 Å². The molecule has 4 heteroatoms. The van der Waals surface area contributed by atoms with Crippen molar-refractivity contribution >= 4 is 5.82 Å². The molecule has 0 spiro atoms. The number of aromatic nitrogens is 2. The number of ether oxygens (including phenoxy) is 1. The summed E-state index contributed by atoms with van der Waals surface area (Å²) >= 11 is 0. The van der Waals surface area contributed by atoms with Gasteiger partial charge in [-0.15, -0.1) is 0 Å². The third-order valence-electron chi connectivity index (χ3n) is 5.46. The maximum Gasteiger partial charge on any atom is 0.135 e. The lowest BCUT2D eigenvalue weighted by atomic mass is 9.88. The van der Waals surface area contributed by atoms with Crippen molar-refractivity contribution in [3.8, 4) is 0 Å². The lowest BCUT2D eigenvalue weighted by molar-refractivity contribution is 0.122. The average molecular weight is 301 g/mol. The second-order valence-electron chi connectivity index (χ2n) is 6.97. The Bertz CT molecular complexity index is 519. The van der Waals surface area contributed by atoms with Crippen molar-refractivity contribution in [3.05, 3.63) is 17.1 Å². The smallest absolute Gasteiger partial charge is 0.135 e. The Morgan fingerprint density at radius 1 is 0.864 bits per heavy atom. The molecule has 1 aliphatic heterocycles. The standard InChI is InChI=1S/C18H27N3O/c1-2-6-14(7-3-1)17-19-16-9-5-4-8-15(16)18(20-17)21-10-12-22-13-11-21/h14H,1-13H2. The molecule has 2 aliphatic carbocycles. The first-order chi connectivity index (χ1) is 10.9. The first kappa shape index (κ1) is 14.4. The minimum atomic E-state index is 0.598. The summed E-state index contributed by atoms with van der Waals surface area (Å²) in [6.45, 7) is 3.62. The normalized spacial score (nSPS) is 23.4. The van der Waals surface area contributed by atoms with E-state index in [9.17, 15) is 0 Å². The van der Waals surface area contributed by atoms with Gasteiger partial charge >= 0.3 is 0 Å². The number of fused-ring (bicyclic) bond motifs is 1. The van der Waals surface area contributed by atoms with Crippen LogP contribution in [0.2, 0.25) is 0 Å². The molecule has 0 aromatic carbocycles. The topological polar surface area (TPSA) is 38.2 Å². The lowest BCUT2D eigenvalue weighted by Crippen LogP contribution is -2.38. The maximum atomic E-state index is 5.53. The van der Waals surface area contributed by atoms with Gasteiger partial charge in [-0.1, -0.05) is 19.3 Å². The van der Waals surface area contributed by atoms with Crippen LogP contribution >= 0.6 is 0 Å². The lowest BCUT2D eigenvalue weighted by Gasteiger charge is -2.32. The van der Waals surface area contributed by atoms with E-state index in [1.165, 1.54) is 62.0 Å². The molecule has 120 valence electrons. The second-order valence-corrected chi connectivity index (χ2v) is 6.97. The van der Waals surface area contributed by atoms with E-state index in [1.54, 1.807) is 0 Å². The van der Waals surface area contributed by atoms with Crippen molar-refractivity contribution in [3.63, 3.8) is 0 Å². The van der Waals surface area contributed by atoms with Crippen LogP contribution in [0.15, 0.2) is 0 Å². The summed E-state index contributed by atoms with van der Waals surface area (Å²) in [5, 5.41) is 0. The molecule has 4 rings (SSSR count). The third-order valence-corrected chi connectivity index (χ3v) is 5.46. The van der Waals surface area contributed by atoms with Gasteiger partial charge in [0.1, 0.15) is 11.6 Å². The molecule has 0 unspecified atom stereocenters. The SMILES string of the molecule is C1CCC(c2nc3c(c(N4CCOCC4)n2)CCCC3)CC1. The number of morpholine rings is 1. The second kappa shape index (κ2) is 6.53. The molecule has 2 fully saturated rings. The molecule has 0 radical (unpaired) electrons. The van der Waals surface area contributed by atoms with Crippen LogP contribution < -0.4 is 4.90 Å². The highest BCUT2D eigenvalue weighted by Gasteiger charge is 2.26. The molecular weight excluding hydrogens is 274 g/mol. The van der Waals surface area contributed by atoms with Gasteiger partial charge < -0.3 is 9.64 Å². The van der Waals surface area contributed by atoms with E-state index in [1.807, 2.05) is 0 Å². The summed E-state index contributed by atoms with van der Waals surface area (Å²) in [4.78, 5) is 12.6. The summed E-state index contributed by atoms with van der Waals surface area (Å²) in [7, 11) is 0. The molecular formula is C18H27N3O. The Balaban J connectivity index is 1.70. The van der Waals surface area contributed by atoms with Crippen molar-refractivity contribution in [1.82, 2.24) is 9.97 Å². The van der Waals surface area contributed by atoms with Gasteiger partial charge in [-0.05, 0) is 38.5 Å². The molecule has 1 saturated carbocycles. The van der Waals surface area contributed by atoms with Crippen molar-refractivity contribution in [2.24, 2.45) is 0 Å². The Morgan fingerprint density at radius 3 is 2.45 bits per heavy atom. The number of rotatable bonds is 2. The number of hydrogen-bond acceptors (Lipinski definition) is 4. The summed E-state index contributed by atoms with van der Waals surface area (Å²) in [5.74, 6) is 2.98. The fraction of sp³-hybridized carbons (Fsp3) is 0.778. The fourth-order valence-corrected chi connectivity index (χ4v) is 4.17. The highest BCUT2D eigenvalue weighted by Crippen LogP contribution is 2.35. The summed E-state index contributed by atoms with van der Waals surface area (Å²) in [5.41, 5.74) is 2.79. The molecule has 1 aromatic rings. The molecule has 0 atom stereocenters. The van der Waals surface area contributed by atoms with E-state index < -0.39 is 0 Å². The number of anilines is 1. The molecule has 0 N–H and O–H groups in total. The predicted molar refractivity (Wildman–Crippen MR) is 87.5 cm³/mol. The summed E-state index contributed by atoms with van der Waals surface area (Å²) < 4.78 is 5.53. The minimum Gasteiger partial charge on any atom is -0.378 e. The molecule has 3 aliphatic rings. The predicted octanol–water partition coefficient (Wildman–Crippen LogP) is 3.24. The highest BCUT2D eigenvalue weighted by molar-refractivity contribution is 5.51. The van der Waals surface area contributed by atoms with Crippen molar-refractivity contribution in [2.75, 3.05) is 31.2 Å². The third kappa shape index (κ3) is 2.85. The van der Waals surface area contributed by atoms with Gasteiger partial charge in [-0.25, -0.2) is 9.97 Å². The minimum absolute atomic E-state index is 0.598. The fourth-order valence-electron chi connectivity index (χ4n) is 4.17. The van der Waals surface area contributed by atoms with Crippen molar-refractivity contribution < 1.29 is 4.74 Å². The maximum absolute atomic E-state index is 5.53. The van der Waals surface area contributed by atoms with Gasteiger partial charge in [-0.3, -0.25) is 0 Å². The Kier molecular flexibility index (Phi) is 4.28. The number of hydrogen-bond donors (Lipinski definition) is 0. The van der Waals surface area contributed by atoms with Gasteiger partial charge in [-0.2, -0.15) is 0 Å². The Labute approximate surface area is 133 Å². The largest absolute Gasteiger partial charge is 0.378 e. The van der Waals surface area contributed by atoms with Crippen LogP contribution in [0.3, 0.4) is 0 Å². The zero-order chi connectivity index (χ0) is 14.8. The number of aryl methyl sites for hydroxylation is 1. The van der Waals surface area contributed by atoms with Crippen LogP contribution in [0.4, 0.5) is 5.82 Å². The van der Waals surface area contributed by atoms with Crippen LogP contribution in [-0.4, -0.2) is 36.3 Å². The van der Waals surface area contributed by atoms with Crippen LogP contribution in [0.5, 0.6) is 0 Å². The Morgan fingerprint density at radius 2 is 1.64 bits per heavy atom. The molecule has 1 aromatic heterocycles. The molecule has 0 bridgehead atoms. The first-order valence-electron chi connectivity index (χ1n) is 9.14. The van der Waals surface area contributed by atoms with Gasteiger partial charge in [0.25, 0.3) is 0 Å². The van der Waals surface area contributed by atoms with E-state index >= 15 is 0 Å². The van der Waals surface area contributed by atoms with E-state index in [4.69, 9.17) is 14.7 Å². The molecule has 2 heterocycles. The first-order valence-corrected chi connectivity index (χ1v) is 9.14. The molecule has 22 heavy (non-hydrogen) atoms. The number of nitrogens with zero attached hydrogens (tertiary/aromatic N) is 3. The van der Waals surface area contributed by atoms with Gasteiger partial charge in [0.2, 0.25) is 0 Å². The zero-order valence-corrected chi connectivity index (χ0v) is 13.5. The van der Waals surface area contributed by atoms with Crippen LogP contribution in [0.1, 0.15) is 67.9 Å². The summed E-state index contributed by atoms with van der Waals surface area (Å²) in [6, 6.07) is 0. The van der Waals surface area contributed by atoms with Gasteiger partial charge in [0.05, 0.1) is 13.2 Å². The molecule has 1 saturated heterocycles. The van der Waals surface area contributed by atoms with E-state index in [-0.39, 0.29) is 0 Å². The van der Waals surface area contributed by atoms with E-state index in [0.29, 0.717) is 5.92 Å². The van der Waals surface area contributed by atoms with Crippen molar-refractivity contribution in [1.29, 1.82) is 0 Å². The highest BCUT2D eigenvalue weighted by atomic mass is 16.5. The molecule has 4 nitrogen and oxygen atoms in total. The Hall–Kier alpha value is -1.16. The zero-order valence-electron chi connectivity index (χ0n) is 13.5. The summed E-state index contributed by atoms with van der Waals surface area (Å²) in [6.07, 6.45) is 11.5. The quantitative estimate of drug-likeness (QED) is 0.840. The average Bonchev–Trinajstić information content (AvgIpc) is 2.62. The monoisotopic (exact) mass is 301 g/mol. The van der Waals surface area contributed by atoms with Crippen LogP contribution in [0, 0.1) is 0 Å². The van der Waals surface area contributed by atoms with Gasteiger partial charge in [0.15, 0.2) is 0 Å². The van der Waals surface area contributed by atoms with Crippen molar-refractivity contribution in [2.45, 2.75) is 63.7 Å².